The number of nitrogens with zero attached hydrogens (tertiary/aromatic N) is 1. The molecule has 1 N–H and O–H groups in total. The summed E-state index contributed by atoms with van der Waals surface area (Å²) < 4.78 is 0. The summed E-state index contributed by atoms with van der Waals surface area (Å²) in [7, 11) is 0. The van der Waals surface area contributed by atoms with Crippen molar-refractivity contribution in [3.63, 3.8) is 0 Å². The maximum Gasteiger partial charge on any atom is 0.325 e. The lowest BCUT2D eigenvalue weighted by molar-refractivity contribution is -0.143. The van der Waals surface area contributed by atoms with Gasteiger partial charge in [-0.25, -0.2) is 0 Å². The molecule has 2 rings (SSSR count). The third-order valence-corrected chi connectivity index (χ3v) is 4.17. The highest BCUT2D eigenvalue weighted by Gasteiger charge is 2.31. The Hall–Kier alpha value is -0.770. The van der Waals surface area contributed by atoms with Gasteiger partial charge in [-0.3, -0.25) is 9.69 Å². The van der Waals surface area contributed by atoms with Crippen molar-refractivity contribution in [3.05, 3.63) is 33.8 Å². The fourth-order valence-corrected chi connectivity index (χ4v) is 3.19. The zero-order valence-electron chi connectivity index (χ0n) is 10.6. The second-order valence-electron chi connectivity index (χ2n) is 4.83. The van der Waals surface area contributed by atoms with Gasteiger partial charge in [-0.05, 0) is 38.1 Å². The molecule has 1 aliphatic heterocycles. The van der Waals surface area contributed by atoms with Gasteiger partial charge >= 0.3 is 5.97 Å². The SMILES string of the molecule is O=C(O)C(c1c(Cl)cccc1Cl)N1CCCCCC1. The summed E-state index contributed by atoms with van der Waals surface area (Å²) in [4.78, 5) is 13.6. The molecule has 5 heteroatoms. The second kappa shape index (κ2) is 6.60. The third kappa shape index (κ3) is 3.41. The fourth-order valence-electron chi connectivity index (χ4n) is 2.59. The zero-order valence-corrected chi connectivity index (χ0v) is 12.1. The van der Waals surface area contributed by atoms with Crippen molar-refractivity contribution in [3.8, 4) is 0 Å². The molecule has 19 heavy (non-hydrogen) atoms. The van der Waals surface area contributed by atoms with Gasteiger partial charge in [0.25, 0.3) is 0 Å². The monoisotopic (exact) mass is 301 g/mol. The van der Waals surface area contributed by atoms with Crippen LogP contribution in [0.4, 0.5) is 0 Å². The van der Waals surface area contributed by atoms with E-state index < -0.39 is 12.0 Å². The Balaban J connectivity index is 2.36. The minimum atomic E-state index is -0.892. The molecule has 1 fully saturated rings. The average molecular weight is 302 g/mol. The average Bonchev–Trinajstić information content (AvgIpc) is 2.62. The Bertz CT molecular complexity index is 437. The Labute approximate surface area is 123 Å². The van der Waals surface area contributed by atoms with Crippen LogP contribution in [0, 0.1) is 0 Å². The molecule has 0 spiro atoms. The summed E-state index contributed by atoms with van der Waals surface area (Å²) in [6.07, 6.45) is 4.34. The normalized spacial score (nSPS) is 18.8. The molecule has 1 aromatic rings. The van der Waals surface area contributed by atoms with E-state index in [4.69, 9.17) is 23.2 Å². The Morgan fingerprint density at radius 1 is 1.11 bits per heavy atom. The van der Waals surface area contributed by atoms with Crippen LogP contribution >= 0.6 is 23.2 Å². The minimum Gasteiger partial charge on any atom is -0.480 e. The van der Waals surface area contributed by atoms with Crippen molar-refractivity contribution >= 4 is 29.2 Å². The van der Waals surface area contributed by atoms with E-state index in [1.165, 1.54) is 0 Å². The molecule has 0 bridgehead atoms. The Morgan fingerprint density at radius 2 is 1.63 bits per heavy atom. The predicted molar refractivity (Wildman–Crippen MR) is 76.9 cm³/mol. The number of halogens is 2. The summed E-state index contributed by atoms with van der Waals surface area (Å²) in [5.74, 6) is -0.892. The van der Waals surface area contributed by atoms with Crippen LogP contribution < -0.4 is 0 Å². The van der Waals surface area contributed by atoms with Gasteiger partial charge in [0, 0.05) is 15.6 Å². The number of hydrogen-bond acceptors (Lipinski definition) is 2. The van der Waals surface area contributed by atoms with Crippen LogP contribution in [-0.4, -0.2) is 29.1 Å². The van der Waals surface area contributed by atoms with Crippen LogP contribution in [0.1, 0.15) is 37.3 Å². The van der Waals surface area contributed by atoms with Crippen molar-refractivity contribution in [1.82, 2.24) is 4.90 Å². The summed E-state index contributed by atoms with van der Waals surface area (Å²) >= 11 is 12.3. The lowest BCUT2D eigenvalue weighted by atomic mass is 10.0. The smallest absolute Gasteiger partial charge is 0.325 e. The highest BCUT2D eigenvalue weighted by atomic mass is 35.5. The van der Waals surface area contributed by atoms with Crippen LogP contribution in [0.3, 0.4) is 0 Å². The van der Waals surface area contributed by atoms with E-state index >= 15 is 0 Å². The van der Waals surface area contributed by atoms with E-state index in [0.717, 1.165) is 38.8 Å². The molecule has 1 saturated heterocycles. The number of carbonyl (C=O) groups is 1. The van der Waals surface area contributed by atoms with E-state index in [-0.39, 0.29) is 0 Å². The van der Waals surface area contributed by atoms with Crippen molar-refractivity contribution in [2.45, 2.75) is 31.7 Å². The van der Waals surface area contributed by atoms with Gasteiger partial charge in [-0.1, -0.05) is 42.1 Å². The molecule has 0 saturated carbocycles. The van der Waals surface area contributed by atoms with Crippen LogP contribution in [0.5, 0.6) is 0 Å². The largest absolute Gasteiger partial charge is 0.480 e. The molecule has 0 aliphatic carbocycles. The Morgan fingerprint density at radius 3 is 2.11 bits per heavy atom. The van der Waals surface area contributed by atoms with E-state index in [2.05, 4.69) is 0 Å². The summed E-state index contributed by atoms with van der Waals surface area (Å²) in [5.41, 5.74) is 0.514. The molecule has 0 aromatic heterocycles. The minimum absolute atomic E-state index is 0.421. The number of benzene rings is 1. The van der Waals surface area contributed by atoms with E-state index in [0.29, 0.717) is 15.6 Å². The fraction of sp³-hybridized carbons (Fsp3) is 0.500. The first-order valence-electron chi connectivity index (χ1n) is 6.52. The number of carboxylic acids is 1. The number of hydrogen-bond donors (Lipinski definition) is 1. The highest BCUT2D eigenvalue weighted by molar-refractivity contribution is 6.36. The summed E-state index contributed by atoms with van der Waals surface area (Å²) in [5, 5.41) is 10.4. The molecule has 104 valence electrons. The second-order valence-corrected chi connectivity index (χ2v) is 5.64. The van der Waals surface area contributed by atoms with Crippen LogP contribution in [0.25, 0.3) is 0 Å². The number of aliphatic carboxylic acids is 1. The predicted octanol–water partition coefficient (Wildman–Crippen LogP) is 4.00. The third-order valence-electron chi connectivity index (χ3n) is 3.51. The van der Waals surface area contributed by atoms with Gasteiger partial charge < -0.3 is 5.11 Å². The highest BCUT2D eigenvalue weighted by Crippen LogP contribution is 2.34. The van der Waals surface area contributed by atoms with Gasteiger partial charge in [0.05, 0.1) is 0 Å². The summed E-state index contributed by atoms with van der Waals surface area (Å²) in [6, 6.07) is 4.36. The standard InChI is InChI=1S/C14H17Cl2NO2/c15-10-6-5-7-11(16)12(10)13(14(18)19)17-8-3-1-2-4-9-17/h5-7,13H,1-4,8-9H2,(H,18,19). The van der Waals surface area contributed by atoms with Crippen molar-refractivity contribution < 1.29 is 9.90 Å². The quantitative estimate of drug-likeness (QED) is 0.917. The molecular weight excluding hydrogens is 285 g/mol. The molecular formula is C14H17Cl2NO2. The van der Waals surface area contributed by atoms with Crippen LogP contribution in [0.2, 0.25) is 10.0 Å². The molecule has 0 amide bonds. The van der Waals surface area contributed by atoms with Gasteiger partial charge in [0.2, 0.25) is 0 Å². The molecule has 1 aliphatic rings. The van der Waals surface area contributed by atoms with Gasteiger partial charge in [0.15, 0.2) is 0 Å². The van der Waals surface area contributed by atoms with Gasteiger partial charge in [0.1, 0.15) is 6.04 Å². The summed E-state index contributed by atoms with van der Waals surface area (Å²) in [6.45, 7) is 1.55. The topological polar surface area (TPSA) is 40.5 Å². The molecule has 1 heterocycles. The number of likely N-dealkylation sites (tertiary alicyclic amines) is 1. The van der Waals surface area contributed by atoms with Gasteiger partial charge in [-0.2, -0.15) is 0 Å². The maximum atomic E-state index is 11.7. The van der Waals surface area contributed by atoms with Crippen molar-refractivity contribution in [1.29, 1.82) is 0 Å². The zero-order chi connectivity index (χ0) is 13.8. The van der Waals surface area contributed by atoms with Crippen molar-refractivity contribution in [2.24, 2.45) is 0 Å². The molecule has 3 nitrogen and oxygen atoms in total. The Kier molecular flexibility index (Phi) is 5.08. The lowest BCUT2D eigenvalue weighted by Gasteiger charge is -2.28. The number of carboxylic acid groups (broad SMARTS) is 1. The van der Waals surface area contributed by atoms with E-state index in [1.54, 1.807) is 18.2 Å². The molecule has 1 atom stereocenters. The number of rotatable bonds is 3. The lowest BCUT2D eigenvalue weighted by Crippen LogP contribution is -2.35. The first-order chi connectivity index (χ1) is 9.11. The van der Waals surface area contributed by atoms with E-state index in [9.17, 15) is 9.90 Å². The van der Waals surface area contributed by atoms with E-state index in [1.807, 2.05) is 4.90 Å². The molecule has 1 unspecified atom stereocenters. The first kappa shape index (κ1) is 14.6. The molecule has 1 aromatic carbocycles. The molecule has 0 radical (unpaired) electrons. The van der Waals surface area contributed by atoms with Gasteiger partial charge in [-0.15, -0.1) is 0 Å². The van der Waals surface area contributed by atoms with Crippen LogP contribution in [-0.2, 0) is 4.79 Å². The van der Waals surface area contributed by atoms with Crippen molar-refractivity contribution in [2.75, 3.05) is 13.1 Å². The van der Waals surface area contributed by atoms with Crippen LogP contribution in [0.15, 0.2) is 18.2 Å². The maximum absolute atomic E-state index is 11.7. The first-order valence-corrected chi connectivity index (χ1v) is 7.27.